The van der Waals surface area contributed by atoms with Gasteiger partial charge in [0.05, 0.1) is 4.92 Å². The van der Waals surface area contributed by atoms with Gasteiger partial charge in [0.15, 0.2) is 5.52 Å². The van der Waals surface area contributed by atoms with Crippen LogP contribution in [0.2, 0.25) is 0 Å². The van der Waals surface area contributed by atoms with E-state index in [-0.39, 0.29) is 10.6 Å². The number of anilines is 1. The summed E-state index contributed by atoms with van der Waals surface area (Å²) in [5.41, 5.74) is 3.74. The van der Waals surface area contributed by atoms with Gasteiger partial charge in [-0.3, -0.25) is 10.1 Å². The van der Waals surface area contributed by atoms with Crippen LogP contribution in [0.15, 0.2) is 35.7 Å². The summed E-state index contributed by atoms with van der Waals surface area (Å²) in [6, 6.07) is 9.38. The van der Waals surface area contributed by atoms with E-state index in [1.54, 1.807) is 6.07 Å². The van der Waals surface area contributed by atoms with Gasteiger partial charge in [-0.2, -0.15) is 0 Å². The number of rotatable bonds is 2. The number of nitro groups is 1. The SMILES string of the molecule is Cc1cc(N2CCc3sccc3C2)c2cccc([N+](=O)[O-])c2n1. The Balaban J connectivity index is 1.88. The third-order valence-electron chi connectivity index (χ3n) is 4.27. The highest BCUT2D eigenvalue weighted by atomic mass is 32.1. The van der Waals surface area contributed by atoms with Crippen molar-refractivity contribution in [1.29, 1.82) is 0 Å². The fourth-order valence-corrected chi connectivity index (χ4v) is 4.09. The molecule has 3 heterocycles. The Kier molecular flexibility index (Phi) is 3.27. The van der Waals surface area contributed by atoms with Crippen LogP contribution in [-0.2, 0) is 13.0 Å². The van der Waals surface area contributed by atoms with Gasteiger partial charge in [-0.25, -0.2) is 4.98 Å². The lowest BCUT2D eigenvalue weighted by Gasteiger charge is -2.30. The number of nitro benzene ring substituents is 1. The van der Waals surface area contributed by atoms with Gasteiger partial charge in [-0.1, -0.05) is 12.1 Å². The normalized spacial score (nSPS) is 14.0. The van der Waals surface area contributed by atoms with Crippen molar-refractivity contribution >= 4 is 33.6 Å². The standard InChI is InChI=1S/C17H15N3O2S/c1-11-9-15(19-7-5-16-12(10-19)6-8-23-16)13-3-2-4-14(20(21)22)17(13)18-11/h2-4,6,8-9H,5,7,10H2,1H3. The number of aromatic nitrogens is 1. The van der Waals surface area contributed by atoms with Crippen molar-refractivity contribution in [3.63, 3.8) is 0 Å². The number of thiophene rings is 1. The Morgan fingerprint density at radius 1 is 1.35 bits per heavy atom. The molecule has 0 fully saturated rings. The van der Waals surface area contributed by atoms with Crippen molar-refractivity contribution in [2.75, 3.05) is 11.4 Å². The fourth-order valence-electron chi connectivity index (χ4n) is 3.20. The maximum atomic E-state index is 11.3. The van der Waals surface area contributed by atoms with Gasteiger partial charge in [0.25, 0.3) is 5.69 Å². The van der Waals surface area contributed by atoms with Crippen molar-refractivity contribution < 1.29 is 4.92 Å². The summed E-state index contributed by atoms with van der Waals surface area (Å²) in [7, 11) is 0. The van der Waals surface area contributed by atoms with Crippen LogP contribution in [0.4, 0.5) is 11.4 Å². The van der Waals surface area contributed by atoms with Crippen LogP contribution < -0.4 is 4.90 Å². The Bertz CT molecular complexity index is 919. The molecular formula is C17H15N3O2S. The molecule has 3 aromatic rings. The van der Waals surface area contributed by atoms with Crippen LogP contribution in [-0.4, -0.2) is 16.5 Å². The van der Waals surface area contributed by atoms with E-state index in [0.29, 0.717) is 5.52 Å². The largest absolute Gasteiger partial charge is 0.366 e. The second-order valence-electron chi connectivity index (χ2n) is 5.75. The van der Waals surface area contributed by atoms with Gasteiger partial charge in [0.2, 0.25) is 0 Å². The Morgan fingerprint density at radius 3 is 3.04 bits per heavy atom. The molecule has 0 unspecified atom stereocenters. The Morgan fingerprint density at radius 2 is 2.22 bits per heavy atom. The van der Waals surface area contributed by atoms with Gasteiger partial charge in [-0.05, 0) is 36.4 Å². The highest BCUT2D eigenvalue weighted by Gasteiger charge is 2.22. The molecule has 5 nitrogen and oxygen atoms in total. The second kappa shape index (κ2) is 5.31. The van der Waals surface area contributed by atoms with Crippen LogP contribution in [0.3, 0.4) is 0 Å². The first-order valence-electron chi connectivity index (χ1n) is 7.48. The highest BCUT2D eigenvalue weighted by Crippen LogP contribution is 2.35. The first-order chi connectivity index (χ1) is 11.1. The van der Waals surface area contributed by atoms with Gasteiger partial charge < -0.3 is 4.90 Å². The van der Waals surface area contributed by atoms with Crippen LogP contribution in [0.1, 0.15) is 16.1 Å². The molecule has 0 aliphatic carbocycles. The molecule has 116 valence electrons. The number of non-ortho nitro benzene ring substituents is 1. The topological polar surface area (TPSA) is 59.3 Å². The van der Waals surface area contributed by atoms with Crippen molar-refractivity contribution in [3.8, 4) is 0 Å². The van der Waals surface area contributed by atoms with E-state index in [4.69, 9.17) is 0 Å². The summed E-state index contributed by atoms with van der Waals surface area (Å²) in [5.74, 6) is 0. The minimum absolute atomic E-state index is 0.0701. The van der Waals surface area contributed by atoms with Gasteiger partial charge in [-0.15, -0.1) is 11.3 Å². The summed E-state index contributed by atoms with van der Waals surface area (Å²) >= 11 is 1.81. The summed E-state index contributed by atoms with van der Waals surface area (Å²) in [4.78, 5) is 19.1. The average Bonchev–Trinajstić information content (AvgIpc) is 3.00. The molecule has 2 aromatic heterocycles. The first-order valence-corrected chi connectivity index (χ1v) is 8.36. The molecule has 1 aliphatic heterocycles. The van der Waals surface area contributed by atoms with Gasteiger partial charge in [0, 0.05) is 40.8 Å². The maximum absolute atomic E-state index is 11.3. The smallest absolute Gasteiger partial charge is 0.295 e. The first kappa shape index (κ1) is 14.1. The zero-order chi connectivity index (χ0) is 16.0. The molecular weight excluding hydrogens is 310 g/mol. The molecule has 0 saturated carbocycles. The minimum Gasteiger partial charge on any atom is -0.366 e. The number of nitrogens with zero attached hydrogens (tertiary/aromatic N) is 3. The number of benzene rings is 1. The predicted octanol–water partition coefficient (Wildman–Crippen LogP) is 4.08. The second-order valence-corrected chi connectivity index (χ2v) is 6.75. The number of hydrogen-bond donors (Lipinski definition) is 0. The number of para-hydroxylation sites is 1. The lowest BCUT2D eigenvalue weighted by molar-refractivity contribution is -0.383. The van der Waals surface area contributed by atoms with Gasteiger partial charge in [0.1, 0.15) is 0 Å². The monoisotopic (exact) mass is 325 g/mol. The predicted molar refractivity (Wildman–Crippen MR) is 92.2 cm³/mol. The molecule has 0 atom stereocenters. The fraction of sp³-hybridized carbons (Fsp3) is 0.235. The van der Waals surface area contributed by atoms with Crippen LogP contribution in [0.5, 0.6) is 0 Å². The van der Waals surface area contributed by atoms with Crippen LogP contribution >= 0.6 is 11.3 Å². The van der Waals surface area contributed by atoms with E-state index in [9.17, 15) is 10.1 Å². The van der Waals surface area contributed by atoms with E-state index in [0.717, 1.165) is 36.3 Å². The molecule has 0 bridgehead atoms. The van der Waals surface area contributed by atoms with Crippen molar-refractivity contribution in [1.82, 2.24) is 4.98 Å². The molecule has 0 spiro atoms. The quantitative estimate of drug-likeness (QED) is 0.526. The Labute approximate surface area is 137 Å². The van der Waals surface area contributed by atoms with Crippen molar-refractivity contribution in [2.24, 2.45) is 0 Å². The number of fused-ring (bicyclic) bond motifs is 2. The molecule has 0 radical (unpaired) electrons. The summed E-state index contributed by atoms with van der Waals surface area (Å²) < 4.78 is 0. The molecule has 0 N–H and O–H groups in total. The number of hydrogen-bond acceptors (Lipinski definition) is 5. The molecule has 0 amide bonds. The Hall–Kier alpha value is -2.47. The van der Waals surface area contributed by atoms with E-state index >= 15 is 0 Å². The molecule has 23 heavy (non-hydrogen) atoms. The third-order valence-corrected chi connectivity index (χ3v) is 5.29. The lowest BCUT2D eigenvalue weighted by Crippen LogP contribution is -2.29. The minimum atomic E-state index is -0.355. The van der Waals surface area contributed by atoms with Gasteiger partial charge >= 0.3 is 0 Å². The van der Waals surface area contributed by atoms with Crippen LogP contribution in [0, 0.1) is 17.0 Å². The maximum Gasteiger partial charge on any atom is 0.295 e. The lowest BCUT2D eigenvalue weighted by atomic mass is 10.1. The highest BCUT2D eigenvalue weighted by molar-refractivity contribution is 7.10. The molecule has 4 rings (SSSR count). The number of pyridine rings is 1. The summed E-state index contributed by atoms with van der Waals surface area (Å²) in [6.07, 6.45) is 1.02. The van der Waals surface area contributed by atoms with E-state index in [2.05, 4.69) is 21.3 Å². The molecule has 6 heteroatoms. The molecule has 0 saturated heterocycles. The van der Waals surface area contributed by atoms with E-state index in [1.165, 1.54) is 16.5 Å². The van der Waals surface area contributed by atoms with Crippen molar-refractivity contribution in [2.45, 2.75) is 19.9 Å². The molecule has 1 aliphatic rings. The molecule has 1 aromatic carbocycles. The third kappa shape index (κ3) is 2.35. The van der Waals surface area contributed by atoms with E-state index in [1.807, 2.05) is 30.4 Å². The average molecular weight is 325 g/mol. The summed E-state index contributed by atoms with van der Waals surface area (Å²) in [5, 5.41) is 14.3. The van der Waals surface area contributed by atoms with Crippen molar-refractivity contribution in [3.05, 3.63) is 62.0 Å². The zero-order valence-corrected chi connectivity index (χ0v) is 13.5. The number of aryl methyl sites for hydroxylation is 1. The summed E-state index contributed by atoms with van der Waals surface area (Å²) in [6.45, 7) is 3.66. The zero-order valence-electron chi connectivity index (χ0n) is 12.7. The van der Waals surface area contributed by atoms with E-state index < -0.39 is 0 Å². The van der Waals surface area contributed by atoms with Crippen LogP contribution in [0.25, 0.3) is 10.9 Å².